The first-order chi connectivity index (χ1) is 9.97. The maximum atomic E-state index is 12.4. The van der Waals surface area contributed by atoms with Crippen molar-refractivity contribution in [2.45, 2.75) is 26.3 Å². The molecule has 0 radical (unpaired) electrons. The van der Waals surface area contributed by atoms with Gasteiger partial charge in [-0.1, -0.05) is 43.1 Å². The van der Waals surface area contributed by atoms with Crippen molar-refractivity contribution < 1.29 is 4.79 Å². The molecule has 0 aromatic carbocycles. The van der Waals surface area contributed by atoms with Gasteiger partial charge < -0.3 is 5.32 Å². The molecule has 0 saturated heterocycles. The van der Waals surface area contributed by atoms with Crippen LogP contribution in [0.15, 0.2) is 29.6 Å². The standard InChI is InChI=1S/C15H16Cl2N2OS/c1-9(2)8-11(12-4-3-7-21-12)18-15(20)14-10(16)5-6-13(17)19-14/h3-7,9,11H,8H2,1-2H3,(H,18,20)/t11-/m0/s1. The van der Waals surface area contributed by atoms with Gasteiger partial charge in [0.2, 0.25) is 0 Å². The number of thiophene rings is 1. The second kappa shape index (κ2) is 7.25. The lowest BCUT2D eigenvalue weighted by molar-refractivity contribution is 0.0928. The fraction of sp³-hybridized carbons (Fsp3) is 0.333. The van der Waals surface area contributed by atoms with Crippen LogP contribution in [0.25, 0.3) is 0 Å². The van der Waals surface area contributed by atoms with Crippen LogP contribution in [0.4, 0.5) is 0 Å². The normalized spacial score (nSPS) is 12.4. The van der Waals surface area contributed by atoms with Gasteiger partial charge in [0, 0.05) is 4.88 Å². The second-order valence-electron chi connectivity index (χ2n) is 5.14. The fourth-order valence-corrected chi connectivity index (χ4v) is 3.14. The van der Waals surface area contributed by atoms with E-state index in [1.165, 1.54) is 0 Å². The molecule has 0 aliphatic carbocycles. The van der Waals surface area contributed by atoms with E-state index in [1.54, 1.807) is 23.5 Å². The van der Waals surface area contributed by atoms with Crippen molar-refractivity contribution in [3.05, 3.63) is 50.4 Å². The van der Waals surface area contributed by atoms with Crippen LogP contribution < -0.4 is 5.32 Å². The van der Waals surface area contributed by atoms with E-state index < -0.39 is 0 Å². The summed E-state index contributed by atoms with van der Waals surface area (Å²) in [5.41, 5.74) is 0.162. The topological polar surface area (TPSA) is 42.0 Å². The van der Waals surface area contributed by atoms with E-state index in [1.807, 2.05) is 17.5 Å². The van der Waals surface area contributed by atoms with Crippen LogP contribution in [0, 0.1) is 5.92 Å². The monoisotopic (exact) mass is 342 g/mol. The van der Waals surface area contributed by atoms with Gasteiger partial charge in [0.1, 0.15) is 10.8 Å². The SMILES string of the molecule is CC(C)C[C@H](NC(=O)c1nc(Cl)ccc1Cl)c1cccs1. The molecule has 0 aliphatic rings. The Morgan fingerprint density at radius 1 is 1.33 bits per heavy atom. The van der Waals surface area contributed by atoms with Gasteiger partial charge >= 0.3 is 0 Å². The molecule has 1 N–H and O–H groups in total. The summed E-state index contributed by atoms with van der Waals surface area (Å²) < 4.78 is 0. The number of carbonyl (C=O) groups excluding carboxylic acids is 1. The third-order valence-electron chi connectivity index (χ3n) is 2.93. The molecule has 1 atom stereocenters. The van der Waals surface area contributed by atoms with E-state index in [2.05, 4.69) is 24.1 Å². The highest BCUT2D eigenvalue weighted by Gasteiger charge is 2.20. The Morgan fingerprint density at radius 2 is 2.10 bits per heavy atom. The first kappa shape index (κ1) is 16.3. The third kappa shape index (κ3) is 4.43. The average Bonchev–Trinajstić information content (AvgIpc) is 2.94. The molecule has 0 unspecified atom stereocenters. The van der Waals surface area contributed by atoms with Gasteiger partial charge in [-0.15, -0.1) is 11.3 Å². The number of carbonyl (C=O) groups is 1. The Hall–Kier alpha value is -1.10. The predicted molar refractivity (Wildman–Crippen MR) is 88.2 cm³/mol. The minimum absolute atomic E-state index is 0.0469. The van der Waals surface area contributed by atoms with Crippen LogP contribution in [0.2, 0.25) is 10.2 Å². The molecule has 1 amide bonds. The van der Waals surface area contributed by atoms with Crippen LogP contribution in [0.1, 0.15) is 41.7 Å². The second-order valence-corrected chi connectivity index (χ2v) is 6.91. The lowest BCUT2D eigenvalue weighted by atomic mass is 10.0. The van der Waals surface area contributed by atoms with Crippen LogP contribution >= 0.6 is 34.5 Å². The van der Waals surface area contributed by atoms with Crippen molar-refractivity contribution in [1.82, 2.24) is 10.3 Å². The van der Waals surface area contributed by atoms with E-state index in [4.69, 9.17) is 23.2 Å². The number of nitrogens with one attached hydrogen (secondary N) is 1. The lowest BCUT2D eigenvalue weighted by Gasteiger charge is -2.19. The minimum atomic E-state index is -0.304. The van der Waals surface area contributed by atoms with Crippen molar-refractivity contribution in [2.24, 2.45) is 5.92 Å². The van der Waals surface area contributed by atoms with Gasteiger partial charge in [-0.25, -0.2) is 4.98 Å². The third-order valence-corrected chi connectivity index (χ3v) is 4.43. The Bertz CT molecular complexity index is 614. The average molecular weight is 343 g/mol. The Labute approximate surface area is 138 Å². The largest absolute Gasteiger partial charge is 0.343 e. The van der Waals surface area contributed by atoms with Crippen molar-refractivity contribution in [1.29, 1.82) is 0 Å². The Balaban J connectivity index is 2.20. The molecule has 2 aromatic rings. The summed E-state index contributed by atoms with van der Waals surface area (Å²) in [6.45, 7) is 4.24. The Morgan fingerprint density at radius 3 is 2.71 bits per heavy atom. The molecular weight excluding hydrogens is 327 g/mol. The van der Waals surface area contributed by atoms with E-state index in [0.717, 1.165) is 11.3 Å². The number of hydrogen-bond donors (Lipinski definition) is 1. The number of nitrogens with zero attached hydrogens (tertiary/aromatic N) is 1. The van der Waals surface area contributed by atoms with Gasteiger partial charge in [0.25, 0.3) is 5.91 Å². The molecule has 2 rings (SSSR count). The highest BCUT2D eigenvalue weighted by Crippen LogP contribution is 2.26. The van der Waals surface area contributed by atoms with Gasteiger partial charge in [-0.2, -0.15) is 0 Å². The number of halogens is 2. The van der Waals surface area contributed by atoms with Crippen LogP contribution in [-0.4, -0.2) is 10.9 Å². The van der Waals surface area contributed by atoms with E-state index in [0.29, 0.717) is 10.9 Å². The van der Waals surface area contributed by atoms with Crippen molar-refractivity contribution in [2.75, 3.05) is 0 Å². The number of aromatic nitrogens is 1. The smallest absolute Gasteiger partial charge is 0.272 e. The summed E-state index contributed by atoms with van der Waals surface area (Å²) in [5.74, 6) is 0.154. The highest BCUT2D eigenvalue weighted by atomic mass is 35.5. The molecular formula is C15H16Cl2N2OS. The van der Waals surface area contributed by atoms with Crippen LogP contribution in [-0.2, 0) is 0 Å². The molecule has 3 nitrogen and oxygen atoms in total. The molecule has 0 bridgehead atoms. The minimum Gasteiger partial charge on any atom is -0.343 e. The zero-order valence-electron chi connectivity index (χ0n) is 11.8. The molecule has 0 saturated carbocycles. The summed E-state index contributed by atoms with van der Waals surface area (Å²) in [4.78, 5) is 17.5. The maximum absolute atomic E-state index is 12.4. The molecule has 6 heteroatoms. The number of hydrogen-bond acceptors (Lipinski definition) is 3. The van der Waals surface area contributed by atoms with Crippen molar-refractivity contribution >= 4 is 40.4 Å². The van der Waals surface area contributed by atoms with Gasteiger partial charge in [-0.3, -0.25) is 4.79 Å². The molecule has 2 aromatic heterocycles. The summed E-state index contributed by atoms with van der Waals surface area (Å²) in [6.07, 6.45) is 0.852. The molecule has 0 fully saturated rings. The fourth-order valence-electron chi connectivity index (χ4n) is 2.01. The predicted octanol–water partition coefficient (Wildman–Crippen LogP) is 4.97. The molecule has 112 valence electrons. The molecule has 0 spiro atoms. The number of pyridine rings is 1. The van der Waals surface area contributed by atoms with Crippen molar-refractivity contribution in [3.63, 3.8) is 0 Å². The summed E-state index contributed by atoms with van der Waals surface area (Å²) in [6, 6.07) is 7.09. The van der Waals surface area contributed by atoms with E-state index in [-0.39, 0.29) is 22.8 Å². The maximum Gasteiger partial charge on any atom is 0.272 e. The Kier molecular flexibility index (Phi) is 5.62. The van der Waals surface area contributed by atoms with Crippen molar-refractivity contribution in [3.8, 4) is 0 Å². The quantitative estimate of drug-likeness (QED) is 0.779. The van der Waals surface area contributed by atoms with Gasteiger partial charge in [0.05, 0.1) is 11.1 Å². The highest BCUT2D eigenvalue weighted by molar-refractivity contribution is 7.10. The summed E-state index contributed by atoms with van der Waals surface area (Å²) in [7, 11) is 0. The molecule has 21 heavy (non-hydrogen) atoms. The van der Waals surface area contributed by atoms with E-state index in [9.17, 15) is 4.79 Å². The molecule has 2 heterocycles. The first-order valence-electron chi connectivity index (χ1n) is 6.63. The van der Waals surface area contributed by atoms with Crippen LogP contribution in [0.5, 0.6) is 0 Å². The summed E-state index contributed by atoms with van der Waals surface area (Å²) >= 11 is 13.5. The van der Waals surface area contributed by atoms with E-state index >= 15 is 0 Å². The zero-order valence-corrected chi connectivity index (χ0v) is 14.1. The van der Waals surface area contributed by atoms with Gasteiger partial charge in [-0.05, 0) is 35.9 Å². The van der Waals surface area contributed by atoms with Gasteiger partial charge in [0.15, 0.2) is 0 Å². The molecule has 0 aliphatic heterocycles. The summed E-state index contributed by atoms with van der Waals surface area (Å²) in [5, 5.41) is 5.55. The first-order valence-corrected chi connectivity index (χ1v) is 8.27. The van der Waals surface area contributed by atoms with Crippen LogP contribution in [0.3, 0.4) is 0 Å². The number of amides is 1. The lowest BCUT2D eigenvalue weighted by Crippen LogP contribution is -2.30. The number of rotatable bonds is 5. The zero-order chi connectivity index (χ0) is 15.4.